The fourth-order valence-corrected chi connectivity index (χ4v) is 8.67. The van der Waals surface area contributed by atoms with Gasteiger partial charge in [-0.15, -0.1) is 0 Å². The van der Waals surface area contributed by atoms with Crippen LogP contribution in [0.5, 0.6) is 5.75 Å². The van der Waals surface area contributed by atoms with Crippen LogP contribution in [0.2, 0.25) is 0 Å². The molecule has 47 heavy (non-hydrogen) atoms. The number of alkyl halides is 3. The van der Waals surface area contributed by atoms with Crippen LogP contribution in [-0.4, -0.2) is 34.6 Å². The summed E-state index contributed by atoms with van der Waals surface area (Å²) < 4.78 is 47.2. The summed E-state index contributed by atoms with van der Waals surface area (Å²) in [5.41, 5.74) is 0.876. The number of imide groups is 1. The van der Waals surface area contributed by atoms with Gasteiger partial charge in [0, 0.05) is 16.5 Å². The van der Waals surface area contributed by atoms with Crippen molar-refractivity contribution in [1.82, 2.24) is 4.57 Å². The fourth-order valence-electron chi connectivity index (χ4n) is 5.90. The summed E-state index contributed by atoms with van der Waals surface area (Å²) in [5.74, 6) is -2.94. The van der Waals surface area contributed by atoms with E-state index in [-0.39, 0.29) is 17.6 Å². The van der Waals surface area contributed by atoms with Gasteiger partial charge in [0.05, 0.1) is 29.3 Å². The molecule has 1 saturated heterocycles. The average molecular weight is 682 g/mol. The molecular formula is C34H30F3N3O5S2. The number of benzene rings is 3. The van der Waals surface area contributed by atoms with Crippen LogP contribution in [0.3, 0.4) is 0 Å². The third-order valence-corrected chi connectivity index (χ3v) is 10.9. The first kappa shape index (κ1) is 32.6. The molecule has 0 saturated carbocycles. The topological polar surface area (TPSA) is 97.7 Å². The van der Waals surface area contributed by atoms with E-state index >= 15 is 0 Å². The minimum absolute atomic E-state index is 0.167. The van der Waals surface area contributed by atoms with Crippen molar-refractivity contribution in [1.29, 1.82) is 0 Å². The van der Waals surface area contributed by atoms with Crippen LogP contribution < -0.4 is 19.8 Å². The zero-order chi connectivity index (χ0) is 33.8. The number of fused-ring (bicyclic) bond motifs is 2. The maximum atomic E-state index is 14.1. The number of amides is 3. The normalized spacial score (nSPS) is 19.4. The molecule has 1 aromatic heterocycles. The van der Waals surface area contributed by atoms with E-state index in [0.29, 0.717) is 26.9 Å². The Balaban J connectivity index is 1.41. The lowest BCUT2D eigenvalue weighted by Gasteiger charge is -2.31. The molecule has 0 aliphatic carbocycles. The molecule has 0 spiro atoms. The highest BCUT2D eigenvalue weighted by atomic mass is 32.2. The Hall–Kier alpha value is -4.36. The van der Waals surface area contributed by atoms with Gasteiger partial charge in [0.15, 0.2) is 0 Å². The Kier molecular flexibility index (Phi) is 8.33. The second kappa shape index (κ2) is 12.0. The Morgan fingerprint density at radius 3 is 2.21 bits per heavy atom. The zero-order valence-electron chi connectivity index (χ0n) is 25.8. The molecule has 2 aliphatic rings. The van der Waals surface area contributed by atoms with Gasteiger partial charge in [-0.3, -0.25) is 23.7 Å². The van der Waals surface area contributed by atoms with Crippen molar-refractivity contribution in [2.45, 2.75) is 55.1 Å². The Bertz CT molecular complexity index is 1930. The number of carbonyl (C=O) groups excluding carboxylic acids is 3. The monoisotopic (exact) mass is 681 g/mol. The first-order valence-electron chi connectivity index (χ1n) is 14.7. The maximum Gasteiger partial charge on any atom is 0.416 e. The van der Waals surface area contributed by atoms with Crippen LogP contribution in [0.15, 0.2) is 82.6 Å². The molecule has 3 atom stereocenters. The standard InChI is InChI=1S/C34H30F3N3O5S2/c1-33(2,3)19-10-8-18(9-11-19)25-26-27(30(43)40(29(26)42)22-7-5-6-20(16-22)34(35,36)37)46-31-28(25)47-32(44)39(31)17-24(41)38-21-12-14-23(45-4)15-13-21/h5-16,25-27H,17H2,1-4H3,(H,38,41)/t25-,26+,27-/m0/s1. The van der Waals surface area contributed by atoms with Crippen LogP contribution in [0.4, 0.5) is 24.5 Å². The summed E-state index contributed by atoms with van der Waals surface area (Å²) >= 11 is 1.89. The fraction of sp³-hybridized carbons (Fsp3) is 0.294. The molecule has 0 radical (unpaired) electrons. The second-order valence-corrected chi connectivity index (χ2v) is 14.5. The van der Waals surface area contributed by atoms with E-state index < -0.39 is 51.4 Å². The first-order chi connectivity index (χ1) is 22.2. The molecule has 4 aromatic rings. The quantitative estimate of drug-likeness (QED) is 0.229. The number of ether oxygens (including phenoxy) is 1. The summed E-state index contributed by atoms with van der Waals surface area (Å²) in [7, 11) is 1.52. The maximum absolute atomic E-state index is 14.1. The summed E-state index contributed by atoms with van der Waals surface area (Å²) in [4.78, 5) is 55.5. The Labute approximate surface area is 276 Å². The van der Waals surface area contributed by atoms with E-state index in [1.165, 1.54) is 17.7 Å². The van der Waals surface area contributed by atoms with Crippen LogP contribution in [-0.2, 0) is 32.5 Å². The molecule has 6 rings (SSSR count). The molecule has 244 valence electrons. The molecule has 13 heteroatoms. The number of halogens is 3. The van der Waals surface area contributed by atoms with Gasteiger partial charge in [-0.25, -0.2) is 4.90 Å². The predicted octanol–water partition coefficient (Wildman–Crippen LogP) is 6.67. The molecule has 3 aromatic carbocycles. The van der Waals surface area contributed by atoms with E-state index in [1.54, 1.807) is 24.3 Å². The molecule has 0 unspecified atom stereocenters. The van der Waals surface area contributed by atoms with E-state index in [9.17, 15) is 32.3 Å². The van der Waals surface area contributed by atoms with Crippen LogP contribution >= 0.6 is 23.1 Å². The zero-order valence-corrected chi connectivity index (χ0v) is 27.4. The summed E-state index contributed by atoms with van der Waals surface area (Å²) in [6, 6.07) is 18.4. The van der Waals surface area contributed by atoms with Gasteiger partial charge in [-0.1, -0.05) is 74.2 Å². The molecule has 2 aliphatic heterocycles. The predicted molar refractivity (Wildman–Crippen MR) is 174 cm³/mol. The lowest BCUT2D eigenvalue weighted by Crippen LogP contribution is -2.33. The van der Waals surface area contributed by atoms with E-state index in [0.717, 1.165) is 51.8 Å². The number of thiazole rings is 1. The molecule has 8 nitrogen and oxygen atoms in total. The minimum Gasteiger partial charge on any atom is -0.497 e. The number of rotatable bonds is 6. The van der Waals surface area contributed by atoms with Crippen molar-refractivity contribution in [2.75, 3.05) is 17.3 Å². The van der Waals surface area contributed by atoms with Crippen molar-refractivity contribution in [3.05, 3.63) is 104 Å². The summed E-state index contributed by atoms with van der Waals surface area (Å²) in [6.07, 6.45) is -4.67. The third kappa shape index (κ3) is 6.09. The van der Waals surface area contributed by atoms with Crippen LogP contribution in [0.1, 0.15) is 48.3 Å². The molecule has 3 heterocycles. The largest absolute Gasteiger partial charge is 0.497 e. The molecular weight excluding hydrogens is 652 g/mol. The number of aromatic nitrogens is 1. The summed E-state index contributed by atoms with van der Waals surface area (Å²) in [5, 5.41) is 2.09. The molecule has 0 bridgehead atoms. The number of nitrogens with one attached hydrogen (secondary N) is 1. The number of nitrogens with zero attached hydrogens (tertiary/aromatic N) is 2. The van der Waals surface area contributed by atoms with Crippen molar-refractivity contribution >= 4 is 52.2 Å². The van der Waals surface area contributed by atoms with E-state index in [2.05, 4.69) is 26.1 Å². The smallest absolute Gasteiger partial charge is 0.416 e. The van der Waals surface area contributed by atoms with Crippen molar-refractivity contribution in [3.63, 3.8) is 0 Å². The molecule has 1 N–H and O–H groups in total. The number of carbonyl (C=O) groups is 3. The highest BCUT2D eigenvalue weighted by Crippen LogP contribution is 2.54. The van der Waals surface area contributed by atoms with E-state index in [4.69, 9.17) is 4.74 Å². The number of thioether (sulfide) groups is 1. The lowest BCUT2D eigenvalue weighted by atomic mass is 9.81. The third-order valence-electron chi connectivity index (χ3n) is 8.29. The van der Waals surface area contributed by atoms with Crippen LogP contribution in [0.25, 0.3) is 0 Å². The van der Waals surface area contributed by atoms with Crippen molar-refractivity contribution in [2.24, 2.45) is 5.92 Å². The highest BCUT2D eigenvalue weighted by Gasteiger charge is 2.57. The minimum atomic E-state index is -4.67. The molecule has 1 fully saturated rings. The second-order valence-electron chi connectivity index (χ2n) is 12.4. The number of hydrogen-bond acceptors (Lipinski definition) is 7. The van der Waals surface area contributed by atoms with Crippen LogP contribution in [0, 0.1) is 5.92 Å². The van der Waals surface area contributed by atoms with Gasteiger partial charge in [0.1, 0.15) is 17.5 Å². The van der Waals surface area contributed by atoms with Gasteiger partial charge in [-0.05, 0) is 59.0 Å². The van der Waals surface area contributed by atoms with Gasteiger partial charge in [0.2, 0.25) is 17.7 Å². The number of methoxy groups -OCH3 is 1. The number of hydrogen-bond donors (Lipinski definition) is 1. The highest BCUT2D eigenvalue weighted by molar-refractivity contribution is 8.00. The van der Waals surface area contributed by atoms with E-state index in [1.807, 2.05) is 24.3 Å². The Morgan fingerprint density at radius 2 is 1.60 bits per heavy atom. The SMILES string of the molecule is COc1ccc(NC(=O)Cn2c3c(sc2=O)[C@@H](c2ccc(C(C)(C)C)cc2)[C@H]2C(=O)N(c4cccc(C(F)(F)F)c4)C(=O)[C@H]2S3)cc1. The van der Waals surface area contributed by atoms with Gasteiger partial charge in [0.25, 0.3) is 0 Å². The lowest BCUT2D eigenvalue weighted by molar-refractivity contribution is -0.137. The van der Waals surface area contributed by atoms with Crippen molar-refractivity contribution < 1.29 is 32.3 Å². The first-order valence-corrected chi connectivity index (χ1v) is 16.4. The molecule has 3 amide bonds. The van der Waals surface area contributed by atoms with Crippen molar-refractivity contribution in [3.8, 4) is 5.75 Å². The average Bonchev–Trinajstić information content (AvgIpc) is 3.46. The van der Waals surface area contributed by atoms with Gasteiger partial charge in [-0.2, -0.15) is 13.2 Å². The Morgan fingerprint density at radius 1 is 0.915 bits per heavy atom. The van der Waals surface area contributed by atoms with Gasteiger partial charge >= 0.3 is 11.0 Å². The van der Waals surface area contributed by atoms with Gasteiger partial charge < -0.3 is 10.1 Å². The number of anilines is 2. The summed E-state index contributed by atoms with van der Waals surface area (Å²) in [6.45, 7) is 5.82.